The van der Waals surface area contributed by atoms with Gasteiger partial charge in [0.1, 0.15) is 29.5 Å². The molecule has 0 spiro atoms. The summed E-state index contributed by atoms with van der Waals surface area (Å²) in [7, 11) is 0. The molecule has 2 unspecified atom stereocenters. The Labute approximate surface area is 273 Å². The molecule has 1 aliphatic rings. The Morgan fingerprint density at radius 2 is 1.05 bits per heavy atom. The molecule has 4 rings (SSSR count). The number of halogens is 5. The van der Waals surface area contributed by atoms with Gasteiger partial charge in [-0.2, -0.15) is 0 Å². The first-order valence-electron chi connectivity index (χ1n) is 12.9. The molecule has 0 heterocycles. The van der Waals surface area contributed by atoms with Crippen LogP contribution in [0.4, 0.5) is 4.79 Å². The van der Waals surface area contributed by atoms with Gasteiger partial charge in [0, 0.05) is 0 Å². The monoisotopic (exact) mass is 684 g/mol. The Balaban J connectivity index is 1.75. The van der Waals surface area contributed by atoms with Crippen molar-refractivity contribution in [3.05, 3.63) is 120 Å². The summed E-state index contributed by atoms with van der Waals surface area (Å²) in [5.74, 6) is -4.38. The Morgan fingerprint density at radius 1 is 0.651 bits per heavy atom. The largest absolute Gasteiger partial charge is 0.510 e. The van der Waals surface area contributed by atoms with Gasteiger partial charge in [0.2, 0.25) is 0 Å². The summed E-state index contributed by atoms with van der Waals surface area (Å²) in [6.45, 7) is -0.849. The van der Waals surface area contributed by atoms with Crippen molar-refractivity contribution in [2.24, 2.45) is 5.92 Å². The van der Waals surface area contributed by atoms with Crippen LogP contribution in [0.3, 0.4) is 0 Å². The first-order chi connectivity index (χ1) is 20.5. The molecule has 3 aromatic rings. The minimum absolute atomic E-state index is 0.244. The number of carbonyl (C=O) groups excluding carboxylic acids is 3. The first-order valence-corrected chi connectivity index (χ1v) is 14.8. The number of alkyl halides is 5. The second-order valence-electron chi connectivity index (χ2n) is 9.53. The van der Waals surface area contributed by atoms with E-state index in [4.69, 9.17) is 77.0 Å². The molecule has 0 bridgehead atoms. The molecule has 12 heteroatoms. The minimum atomic E-state index is -2.95. The van der Waals surface area contributed by atoms with Gasteiger partial charge in [0.05, 0.1) is 5.92 Å². The van der Waals surface area contributed by atoms with Crippen LogP contribution in [0.25, 0.3) is 0 Å². The lowest BCUT2D eigenvalue weighted by molar-refractivity contribution is -0.194. The molecular weight excluding hydrogens is 662 g/mol. The standard InChI is InChI=1S/C31H25Cl5O7/c32-25-29(33,34)17-16-24(31(25,35)36)30(26(37)40-18-21-10-4-1-5-11-21,27(38)41-19-22-12-6-2-7-13-22)43-28(39)42-20-23-14-8-3-9-15-23/h1-17,24-25H,18-20H2. The van der Waals surface area contributed by atoms with Crippen molar-refractivity contribution in [3.8, 4) is 0 Å². The van der Waals surface area contributed by atoms with Gasteiger partial charge < -0.3 is 18.9 Å². The van der Waals surface area contributed by atoms with Crippen LogP contribution in [0, 0.1) is 5.92 Å². The second-order valence-corrected chi connectivity index (χ2v) is 12.9. The second kappa shape index (κ2) is 14.2. The fraction of sp³-hybridized carbons (Fsp3) is 0.258. The summed E-state index contributed by atoms with van der Waals surface area (Å²) in [5.41, 5.74) is -1.19. The number of rotatable bonds is 10. The van der Waals surface area contributed by atoms with Gasteiger partial charge in [0.25, 0.3) is 0 Å². The predicted molar refractivity (Wildman–Crippen MR) is 164 cm³/mol. The van der Waals surface area contributed by atoms with Crippen LogP contribution in [0.5, 0.6) is 0 Å². The molecule has 0 fully saturated rings. The van der Waals surface area contributed by atoms with Crippen molar-refractivity contribution in [3.63, 3.8) is 0 Å². The van der Waals surface area contributed by atoms with Crippen LogP contribution >= 0.6 is 58.0 Å². The van der Waals surface area contributed by atoms with Crippen molar-refractivity contribution in [1.82, 2.24) is 0 Å². The SMILES string of the molecule is O=C(OCc1ccccc1)OC(C(=O)OCc1ccccc1)(C(=O)OCc1ccccc1)C1C=CC(Cl)(Cl)C(Cl)C1(Cl)Cl. The summed E-state index contributed by atoms with van der Waals surface area (Å²) >= 11 is 32.5. The lowest BCUT2D eigenvalue weighted by Crippen LogP contribution is -2.65. The molecule has 0 saturated carbocycles. The Kier molecular flexibility index (Phi) is 10.9. The average molecular weight is 687 g/mol. The van der Waals surface area contributed by atoms with Gasteiger partial charge in [0.15, 0.2) is 4.33 Å². The smallest absolute Gasteiger partial charge is 0.457 e. The summed E-state index contributed by atoms with van der Waals surface area (Å²) in [5, 5.41) is -1.51. The van der Waals surface area contributed by atoms with E-state index >= 15 is 0 Å². The molecule has 0 aromatic heterocycles. The van der Waals surface area contributed by atoms with Gasteiger partial charge in [-0.05, 0) is 16.7 Å². The van der Waals surface area contributed by atoms with E-state index < -0.39 is 43.7 Å². The Morgan fingerprint density at radius 3 is 1.47 bits per heavy atom. The zero-order valence-electron chi connectivity index (χ0n) is 22.3. The van der Waals surface area contributed by atoms with Crippen LogP contribution in [0.15, 0.2) is 103 Å². The zero-order valence-corrected chi connectivity index (χ0v) is 26.1. The highest BCUT2D eigenvalue weighted by molar-refractivity contribution is 6.60. The lowest BCUT2D eigenvalue weighted by atomic mass is 9.78. The molecule has 0 aliphatic heterocycles. The predicted octanol–water partition coefficient (Wildman–Crippen LogP) is 7.71. The molecule has 43 heavy (non-hydrogen) atoms. The van der Waals surface area contributed by atoms with E-state index in [0.29, 0.717) is 16.7 Å². The van der Waals surface area contributed by atoms with Crippen LogP contribution in [0.1, 0.15) is 16.7 Å². The third kappa shape index (κ3) is 7.78. The molecule has 0 saturated heterocycles. The summed E-state index contributed by atoms with van der Waals surface area (Å²) in [6, 6.07) is 25.9. The number of esters is 2. The summed E-state index contributed by atoms with van der Waals surface area (Å²) in [4.78, 5) is 41.3. The molecule has 0 amide bonds. The topological polar surface area (TPSA) is 88.1 Å². The Bertz CT molecular complexity index is 1380. The van der Waals surface area contributed by atoms with Crippen molar-refractivity contribution < 1.29 is 33.3 Å². The highest BCUT2D eigenvalue weighted by Gasteiger charge is 2.69. The Hall–Kier alpha value is -2.94. The number of benzene rings is 3. The van der Waals surface area contributed by atoms with Gasteiger partial charge in [-0.25, -0.2) is 14.4 Å². The highest BCUT2D eigenvalue weighted by atomic mass is 35.5. The molecule has 3 aromatic carbocycles. The van der Waals surface area contributed by atoms with E-state index in [0.717, 1.165) is 6.08 Å². The molecule has 226 valence electrons. The maximum Gasteiger partial charge on any atom is 0.510 e. The van der Waals surface area contributed by atoms with Crippen LogP contribution < -0.4 is 0 Å². The van der Waals surface area contributed by atoms with Crippen molar-refractivity contribution in [1.29, 1.82) is 0 Å². The van der Waals surface area contributed by atoms with E-state index in [2.05, 4.69) is 0 Å². The van der Waals surface area contributed by atoms with Gasteiger partial charge in [-0.15, -0.1) is 11.6 Å². The zero-order chi connectivity index (χ0) is 31.1. The van der Waals surface area contributed by atoms with Crippen LogP contribution in [0.2, 0.25) is 0 Å². The minimum Gasteiger partial charge on any atom is -0.457 e. The summed E-state index contributed by atoms with van der Waals surface area (Å²) in [6.07, 6.45) is 0.940. The number of carbonyl (C=O) groups is 3. The van der Waals surface area contributed by atoms with E-state index in [1.54, 1.807) is 91.0 Å². The molecule has 2 atom stereocenters. The van der Waals surface area contributed by atoms with Crippen molar-refractivity contribution >= 4 is 76.1 Å². The van der Waals surface area contributed by atoms with E-state index in [1.807, 2.05) is 0 Å². The number of allylic oxidation sites excluding steroid dienone is 1. The normalized spacial score (nSPS) is 18.7. The summed E-state index contributed by atoms with van der Waals surface area (Å²) < 4.78 is 17.8. The van der Waals surface area contributed by atoms with Gasteiger partial charge in [-0.3, -0.25) is 0 Å². The first kappa shape index (κ1) is 33.0. The molecule has 1 aliphatic carbocycles. The van der Waals surface area contributed by atoms with Gasteiger partial charge >= 0.3 is 23.7 Å². The lowest BCUT2D eigenvalue weighted by Gasteiger charge is -2.45. The third-order valence-corrected chi connectivity index (χ3v) is 9.25. The van der Waals surface area contributed by atoms with E-state index in [9.17, 15) is 14.4 Å². The molecular formula is C31H25Cl5O7. The quantitative estimate of drug-likeness (QED) is 0.0710. The maximum atomic E-state index is 14.0. The molecule has 0 N–H and O–H groups in total. The van der Waals surface area contributed by atoms with Crippen molar-refractivity contribution in [2.45, 2.75) is 39.5 Å². The van der Waals surface area contributed by atoms with E-state index in [-0.39, 0.29) is 19.8 Å². The average Bonchev–Trinajstić information content (AvgIpc) is 3.01. The van der Waals surface area contributed by atoms with Crippen LogP contribution in [-0.4, -0.2) is 37.7 Å². The third-order valence-electron chi connectivity index (χ3n) is 6.52. The number of hydrogen-bond donors (Lipinski definition) is 0. The number of ether oxygens (including phenoxy) is 4. The molecule has 0 radical (unpaired) electrons. The fourth-order valence-electron chi connectivity index (χ4n) is 4.28. The highest BCUT2D eigenvalue weighted by Crippen LogP contribution is 2.54. The molecule has 7 nitrogen and oxygen atoms in total. The van der Waals surface area contributed by atoms with Gasteiger partial charge in [-0.1, -0.05) is 150 Å². The fourth-order valence-corrected chi connectivity index (χ4v) is 6.00. The maximum absolute atomic E-state index is 14.0. The number of hydrogen-bond acceptors (Lipinski definition) is 7. The van der Waals surface area contributed by atoms with Crippen LogP contribution in [-0.2, 0) is 48.4 Å². The van der Waals surface area contributed by atoms with Crippen molar-refractivity contribution in [2.75, 3.05) is 0 Å². The van der Waals surface area contributed by atoms with E-state index in [1.165, 1.54) is 6.08 Å².